The SMILES string of the molecule is CCOc1ccc(-c2n[nH]c(=O)c3c2[C@@H](c2ccc(F)cc2)n2nnnc2N3)cc1. The van der Waals surface area contributed by atoms with Crippen LogP contribution in [0.3, 0.4) is 0 Å². The van der Waals surface area contributed by atoms with Crippen molar-refractivity contribution in [1.82, 2.24) is 30.4 Å². The van der Waals surface area contributed by atoms with E-state index in [-0.39, 0.29) is 5.82 Å². The van der Waals surface area contributed by atoms with Crippen LogP contribution in [0.1, 0.15) is 24.1 Å². The maximum Gasteiger partial charge on any atom is 0.288 e. The molecule has 0 amide bonds. The van der Waals surface area contributed by atoms with E-state index in [0.29, 0.717) is 35.1 Å². The summed E-state index contributed by atoms with van der Waals surface area (Å²) in [6, 6.07) is 12.8. The van der Waals surface area contributed by atoms with E-state index in [2.05, 4.69) is 31.0 Å². The molecule has 0 fully saturated rings. The van der Waals surface area contributed by atoms with Crippen LogP contribution in [-0.4, -0.2) is 37.0 Å². The first-order valence-electron chi connectivity index (χ1n) is 9.32. The van der Waals surface area contributed by atoms with Gasteiger partial charge >= 0.3 is 0 Å². The van der Waals surface area contributed by atoms with Gasteiger partial charge in [-0.25, -0.2) is 9.49 Å². The molecule has 9 nitrogen and oxygen atoms in total. The smallest absolute Gasteiger partial charge is 0.288 e. The molecule has 10 heteroatoms. The second-order valence-corrected chi connectivity index (χ2v) is 6.67. The Hall–Kier alpha value is -4.08. The van der Waals surface area contributed by atoms with Gasteiger partial charge in [-0.1, -0.05) is 17.2 Å². The van der Waals surface area contributed by atoms with Crippen molar-refractivity contribution in [3.05, 3.63) is 75.8 Å². The number of hydrogen-bond acceptors (Lipinski definition) is 7. The maximum atomic E-state index is 13.6. The van der Waals surface area contributed by atoms with Crippen LogP contribution in [0, 0.1) is 5.82 Å². The van der Waals surface area contributed by atoms with Crippen LogP contribution in [-0.2, 0) is 0 Å². The fourth-order valence-electron chi connectivity index (χ4n) is 3.59. The van der Waals surface area contributed by atoms with Crippen molar-refractivity contribution in [2.45, 2.75) is 13.0 Å². The summed E-state index contributed by atoms with van der Waals surface area (Å²) in [5, 5.41) is 21.6. The molecule has 1 aliphatic rings. The lowest BCUT2D eigenvalue weighted by Gasteiger charge is -2.27. The highest BCUT2D eigenvalue weighted by Gasteiger charge is 2.34. The molecule has 150 valence electrons. The molecule has 0 bridgehead atoms. The van der Waals surface area contributed by atoms with Crippen molar-refractivity contribution in [3.8, 4) is 17.0 Å². The molecule has 0 saturated heterocycles. The highest BCUT2D eigenvalue weighted by atomic mass is 19.1. The molecule has 1 aliphatic heterocycles. The van der Waals surface area contributed by atoms with E-state index in [1.54, 1.807) is 16.8 Å². The number of ether oxygens (including phenoxy) is 1. The van der Waals surface area contributed by atoms with Gasteiger partial charge in [-0.15, -0.1) is 0 Å². The van der Waals surface area contributed by atoms with Gasteiger partial charge in [0.15, 0.2) is 0 Å². The second kappa shape index (κ2) is 7.07. The van der Waals surface area contributed by atoms with Crippen LogP contribution in [0.25, 0.3) is 11.3 Å². The lowest BCUT2D eigenvalue weighted by Crippen LogP contribution is -2.29. The molecular weight excluding hydrogens is 389 g/mol. The molecule has 2 aromatic heterocycles. The molecule has 0 spiro atoms. The van der Waals surface area contributed by atoms with Gasteiger partial charge in [-0.05, 0) is 59.3 Å². The van der Waals surface area contributed by atoms with Crippen molar-refractivity contribution in [2.24, 2.45) is 0 Å². The predicted octanol–water partition coefficient (Wildman–Crippen LogP) is 2.66. The molecule has 4 aromatic rings. The lowest BCUT2D eigenvalue weighted by molar-refractivity contribution is 0.340. The summed E-state index contributed by atoms with van der Waals surface area (Å²) in [5.74, 6) is 0.683. The number of nitrogens with one attached hydrogen (secondary N) is 2. The number of benzene rings is 2. The number of tetrazole rings is 1. The largest absolute Gasteiger partial charge is 0.494 e. The Labute approximate surface area is 169 Å². The molecule has 2 N–H and O–H groups in total. The maximum absolute atomic E-state index is 13.6. The third-order valence-electron chi connectivity index (χ3n) is 4.89. The standard InChI is InChI=1S/C20H16FN7O2/c1-2-30-14-9-5-11(6-10-14)16-15-17(19(29)24-23-16)22-20-25-26-27-28(20)18(15)12-3-7-13(21)8-4-12/h3-10,18H,2H2,1H3,(H,24,29)(H,22,25,27)/t18-/m1/s1. The third-order valence-corrected chi connectivity index (χ3v) is 4.89. The lowest BCUT2D eigenvalue weighted by atomic mass is 9.92. The Kier molecular flexibility index (Phi) is 4.24. The number of H-pyrrole nitrogens is 1. The first kappa shape index (κ1) is 18.0. The van der Waals surface area contributed by atoms with Gasteiger partial charge in [0.05, 0.1) is 12.3 Å². The monoisotopic (exact) mass is 405 g/mol. The zero-order valence-electron chi connectivity index (χ0n) is 15.8. The summed E-state index contributed by atoms with van der Waals surface area (Å²) < 4.78 is 20.6. The molecule has 1 atom stereocenters. The molecule has 2 aromatic carbocycles. The van der Waals surface area contributed by atoms with Crippen LogP contribution in [0.2, 0.25) is 0 Å². The van der Waals surface area contributed by atoms with Gasteiger partial charge in [0, 0.05) is 11.1 Å². The Morgan fingerprint density at radius 3 is 2.63 bits per heavy atom. The van der Waals surface area contributed by atoms with E-state index in [9.17, 15) is 9.18 Å². The van der Waals surface area contributed by atoms with E-state index in [1.165, 1.54) is 12.1 Å². The molecule has 0 unspecified atom stereocenters. The molecule has 0 aliphatic carbocycles. The molecule has 0 radical (unpaired) electrons. The van der Waals surface area contributed by atoms with Crippen LogP contribution in [0.5, 0.6) is 5.75 Å². The number of anilines is 2. The Morgan fingerprint density at radius 1 is 1.13 bits per heavy atom. The number of nitrogens with zero attached hydrogens (tertiary/aromatic N) is 5. The van der Waals surface area contributed by atoms with Crippen molar-refractivity contribution in [2.75, 3.05) is 11.9 Å². The zero-order chi connectivity index (χ0) is 20.7. The van der Waals surface area contributed by atoms with Gasteiger partial charge in [0.1, 0.15) is 23.3 Å². The van der Waals surface area contributed by atoms with Gasteiger partial charge in [0.2, 0.25) is 5.95 Å². The van der Waals surface area contributed by atoms with Crippen molar-refractivity contribution in [3.63, 3.8) is 0 Å². The van der Waals surface area contributed by atoms with Crippen LogP contribution < -0.4 is 15.6 Å². The van der Waals surface area contributed by atoms with Crippen LogP contribution in [0.15, 0.2) is 53.3 Å². The molecule has 30 heavy (non-hydrogen) atoms. The fraction of sp³-hybridized carbons (Fsp3) is 0.150. The highest BCUT2D eigenvalue weighted by molar-refractivity contribution is 5.75. The van der Waals surface area contributed by atoms with Gasteiger partial charge in [-0.2, -0.15) is 9.78 Å². The fourth-order valence-corrected chi connectivity index (χ4v) is 3.59. The predicted molar refractivity (Wildman–Crippen MR) is 106 cm³/mol. The Balaban J connectivity index is 1.73. The second-order valence-electron chi connectivity index (χ2n) is 6.67. The minimum Gasteiger partial charge on any atom is -0.494 e. The average molecular weight is 405 g/mol. The minimum absolute atomic E-state index is 0.297. The van der Waals surface area contributed by atoms with Gasteiger partial charge in [0.25, 0.3) is 5.56 Å². The molecular formula is C20H16FN7O2. The first-order chi connectivity index (χ1) is 14.7. The number of aromatic nitrogens is 6. The summed E-state index contributed by atoms with van der Waals surface area (Å²) in [7, 11) is 0. The zero-order valence-corrected chi connectivity index (χ0v) is 15.8. The number of aromatic amines is 1. The van der Waals surface area contributed by atoms with Crippen molar-refractivity contribution in [1.29, 1.82) is 0 Å². The van der Waals surface area contributed by atoms with E-state index < -0.39 is 11.6 Å². The Bertz CT molecular complexity index is 1270. The normalized spacial score (nSPS) is 14.5. The van der Waals surface area contributed by atoms with E-state index >= 15 is 0 Å². The summed E-state index contributed by atoms with van der Waals surface area (Å²) in [6.45, 7) is 2.47. The number of rotatable bonds is 4. The minimum atomic E-state index is -0.566. The van der Waals surface area contributed by atoms with Crippen molar-refractivity contribution >= 4 is 11.6 Å². The third kappa shape index (κ3) is 2.89. The van der Waals surface area contributed by atoms with E-state index in [1.807, 2.05) is 31.2 Å². The number of hydrogen-bond donors (Lipinski definition) is 2. The van der Waals surface area contributed by atoms with E-state index in [4.69, 9.17) is 4.74 Å². The summed E-state index contributed by atoms with van der Waals surface area (Å²) >= 11 is 0. The van der Waals surface area contributed by atoms with Gasteiger partial charge in [-0.3, -0.25) is 4.79 Å². The summed E-state index contributed by atoms with van der Waals surface area (Å²) in [5.41, 5.74) is 2.53. The van der Waals surface area contributed by atoms with E-state index in [0.717, 1.165) is 11.3 Å². The molecule has 5 rings (SSSR count). The molecule has 3 heterocycles. The first-order valence-corrected chi connectivity index (χ1v) is 9.32. The number of fused-ring (bicyclic) bond motifs is 2. The van der Waals surface area contributed by atoms with Crippen LogP contribution >= 0.6 is 0 Å². The molecule has 0 saturated carbocycles. The highest BCUT2D eigenvalue weighted by Crippen LogP contribution is 2.41. The topological polar surface area (TPSA) is 111 Å². The summed E-state index contributed by atoms with van der Waals surface area (Å²) in [6.07, 6.45) is 0. The number of halogens is 1. The Morgan fingerprint density at radius 2 is 1.90 bits per heavy atom. The quantitative estimate of drug-likeness (QED) is 0.473. The van der Waals surface area contributed by atoms with Crippen LogP contribution in [0.4, 0.5) is 16.0 Å². The summed E-state index contributed by atoms with van der Waals surface area (Å²) in [4.78, 5) is 12.6. The van der Waals surface area contributed by atoms with Crippen molar-refractivity contribution < 1.29 is 9.13 Å². The average Bonchev–Trinajstić information content (AvgIpc) is 3.23. The van der Waals surface area contributed by atoms with Gasteiger partial charge < -0.3 is 10.1 Å².